The third-order valence-electron chi connectivity index (χ3n) is 4.16. The van der Waals surface area contributed by atoms with Gasteiger partial charge in [-0.3, -0.25) is 4.79 Å². The lowest BCUT2D eigenvalue weighted by Gasteiger charge is -2.19. The summed E-state index contributed by atoms with van der Waals surface area (Å²) in [5.41, 5.74) is 2.07. The molecule has 0 radical (unpaired) electrons. The number of fused-ring (bicyclic) bond motifs is 1. The van der Waals surface area contributed by atoms with Crippen LogP contribution in [0.3, 0.4) is 0 Å². The molecule has 3 aromatic rings. The number of carbonyl (C=O) groups is 1. The summed E-state index contributed by atoms with van der Waals surface area (Å²) in [4.78, 5) is 18.5. The molecule has 2 aromatic carbocycles. The number of likely N-dealkylation sites (N-methyl/N-ethyl adjacent to an activating group) is 1. The Balaban J connectivity index is 1.91. The van der Waals surface area contributed by atoms with Crippen LogP contribution in [-0.4, -0.2) is 22.5 Å². The summed E-state index contributed by atoms with van der Waals surface area (Å²) in [5.74, 6) is -0.0502. The second-order valence-electron chi connectivity index (χ2n) is 5.69. The SMILES string of the molecule is CCc1nc2ccccc2n1CC(=O)N(C)c1ccc(C#N)cc1F. The lowest BCUT2D eigenvalue weighted by atomic mass is 10.2. The fraction of sp³-hybridized carbons (Fsp3) is 0.211. The van der Waals surface area contributed by atoms with E-state index in [0.717, 1.165) is 22.9 Å². The number of nitriles is 1. The number of para-hydroxylation sites is 2. The number of anilines is 1. The van der Waals surface area contributed by atoms with Crippen LogP contribution in [-0.2, 0) is 17.8 Å². The summed E-state index contributed by atoms with van der Waals surface area (Å²) in [6, 6.07) is 13.6. The topological polar surface area (TPSA) is 61.9 Å². The Morgan fingerprint density at radius 3 is 2.76 bits per heavy atom. The largest absolute Gasteiger partial charge is 0.318 e. The molecule has 0 atom stereocenters. The molecule has 0 spiro atoms. The number of halogens is 1. The number of aromatic nitrogens is 2. The lowest BCUT2D eigenvalue weighted by Crippen LogP contribution is -2.31. The molecule has 0 saturated carbocycles. The third-order valence-corrected chi connectivity index (χ3v) is 4.16. The Morgan fingerprint density at radius 1 is 1.32 bits per heavy atom. The van der Waals surface area contributed by atoms with Crippen molar-refractivity contribution in [1.82, 2.24) is 9.55 Å². The number of hydrogen-bond acceptors (Lipinski definition) is 3. The van der Waals surface area contributed by atoms with E-state index in [2.05, 4.69) is 4.98 Å². The summed E-state index contributed by atoms with van der Waals surface area (Å²) in [6.07, 6.45) is 0.691. The monoisotopic (exact) mass is 336 g/mol. The molecule has 1 heterocycles. The van der Waals surface area contributed by atoms with E-state index in [-0.39, 0.29) is 23.7 Å². The Hall–Kier alpha value is -3.20. The van der Waals surface area contributed by atoms with E-state index in [1.54, 1.807) is 0 Å². The molecule has 0 bridgehead atoms. The molecule has 1 aromatic heterocycles. The summed E-state index contributed by atoms with van der Waals surface area (Å²) < 4.78 is 16.0. The minimum absolute atomic E-state index is 0.0691. The van der Waals surface area contributed by atoms with Crippen LogP contribution in [0.4, 0.5) is 10.1 Å². The number of rotatable bonds is 4. The van der Waals surface area contributed by atoms with Gasteiger partial charge in [-0.25, -0.2) is 9.37 Å². The second-order valence-corrected chi connectivity index (χ2v) is 5.69. The number of imidazole rings is 1. The molecule has 0 fully saturated rings. The zero-order chi connectivity index (χ0) is 18.0. The molecular formula is C19H17FN4O. The van der Waals surface area contributed by atoms with Crippen LogP contribution in [0.1, 0.15) is 18.3 Å². The van der Waals surface area contributed by atoms with Crippen molar-refractivity contribution in [3.05, 3.63) is 59.7 Å². The molecule has 1 amide bonds. The van der Waals surface area contributed by atoms with Crippen molar-refractivity contribution < 1.29 is 9.18 Å². The van der Waals surface area contributed by atoms with Crippen LogP contribution in [0, 0.1) is 17.1 Å². The Bertz CT molecular complexity index is 987. The first-order valence-corrected chi connectivity index (χ1v) is 7.95. The van der Waals surface area contributed by atoms with Gasteiger partial charge in [0, 0.05) is 13.5 Å². The van der Waals surface area contributed by atoms with Crippen LogP contribution >= 0.6 is 0 Å². The molecule has 0 saturated heterocycles. The third kappa shape index (κ3) is 3.09. The molecule has 0 aliphatic rings. The number of benzene rings is 2. The van der Waals surface area contributed by atoms with Gasteiger partial charge in [0.15, 0.2) is 0 Å². The van der Waals surface area contributed by atoms with Gasteiger partial charge in [0.05, 0.1) is 28.4 Å². The predicted octanol–water partition coefficient (Wildman–Crippen LogP) is 3.27. The van der Waals surface area contributed by atoms with E-state index < -0.39 is 5.82 Å². The van der Waals surface area contributed by atoms with Gasteiger partial charge >= 0.3 is 0 Å². The number of hydrogen-bond donors (Lipinski definition) is 0. The van der Waals surface area contributed by atoms with Gasteiger partial charge in [0.25, 0.3) is 0 Å². The lowest BCUT2D eigenvalue weighted by molar-refractivity contribution is -0.118. The van der Waals surface area contributed by atoms with Crippen molar-refractivity contribution >= 4 is 22.6 Å². The van der Waals surface area contributed by atoms with Crippen LogP contribution in [0.15, 0.2) is 42.5 Å². The van der Waals surface area contributed by atoms with Gasteiger partial charge in [-0.1, -0.05) is 19.1 Å². The van der Waals surface area contributed by atoms with E-state index in [1.165, 1.54) is 24.1 Å². The van der Waals surface area contributed by atoms with Crippen molar-refractivity contribution in [1.29, 1.82) is 5.26 Å². The number of carbonyl (C=O) groups excluding carboxylic acids is 1. The predicted molar refractivity (Wildman–Crippen MR) is 93.6 cm³/mol. The van der Waals surface area contributed by atoms with E-state index >= 15 is 0 Å². The summed E-state index contributed by atoms with van der Waals surface area (Å²) in [6.45, 7) is 2.05. The minimum atomic E-state index is -0.596. The zero-order valence-electron chi connectivity index (χ0n) is 14.0. The van der Waals surface area contributed by atoms with Gasteiger partial charge in [-0.05, 0) is 30.3 Å². The van der Waals surface area contributed by atoms with E-state index in [1.807, 2.05) is 41.8 Å². The fourth-order valence-electron chi connectivity index (χ4n) is 2.80. The summed E-state index contributed by atoms with van der Waals surface area (Å²) in [5, 5.41) is 8.82. The van der Waals surface area contributed by atoms with Gasteiger partial charge in [0.2, 0.25) is 5.91 Å². The van der Waals surface area contributed by atoms with Crippen molar-refractivity contribution in [3.63, 3.8) is 0 Å². The van der Waals surface area contributed by atoms with Gasteiger partial charge in [-0.2, -0.15) is 5.26 Å². The number of amides is 1. The smallest absolute Gasteiger partial charge is 0.246 e. The molecule has 25 heavy (non-hydrogen) atoms. The highest BCUT2D eigenvalue weighted by atomic mass is 19.1. The van der Waals surface area contributed by atoms with E-state index in [4.69, 9.17) is 5.26 Å². The first-order chi connectivity index (χ1) is 12.0. The number of nitrogens with zero attached hydrogens (tertiary/aromatic N) is 4. The van der Waals surface area contributed by atoms with Crippen LogP contribution < -0.4 is 4.90 Å². The molecule has 0 aliphatic carbocycles. The van der Waals surface area contributed by atoms with Gasteiger partial charge < -0.3 is 9.47 Å². The highest BCUT2D eigenvalue weighted by molar-refractivity contribution is 5.93. The molecule has 0 N–H and O–H groups in total. The molecule has 5 nitrogen and oxygen atoms in total. The van der Waals surface area contributed by atoms with Crippen molar-refractivity contribution in [2.24, 2.45) is 0 Å². The van der Waals surface area contributed by atoms with Crippen molar-refractivity contribution in [3.8, 4) is 6.07 Å². The van der Waals surface area contributed by atoms with E-state index in [9.17, 15) is 9.18 Å². The highest BCUT2D eigenvalue weighted by Gasteiger charge is 2.18. The zero-order valence-corrected chi connectivity index (χ0v) is 14.0. The second kappa shape index (κ2) is 6.73. The molecule has 0 unspecified atom stereocenters. The van der Waals surface area contributed by atoms with Gasteiger partial charge in [-0.15, -0.1) is 0 Å². The quantitative estimate of drug-likeness (QED) is 0.734. The van der Waals surface area contributed by atoms with E-state index in [0.29, 0.717) is 6.42 Å². The first-order valence-electron chi connectivity index (χ1n) is 7.95. The average molecular weight is 336 g/mol. The summed E-state index contributed by atoms with van der Waals surface area (Å²) in [7, 11) is 1.53. The van der Waals surface area contributed by atoms with Crippen LogP contribution in [0.5, 0.6) is 0 Å². The fourth-order valence-corrected chi connectivity index (χ4v) is 2.80. The Labute approximate surface area is 144 Å². The average Bonchev–Trinajstić information content (AvgIpc) is 2.98. The summed E-state index contributed by atoms with van der Waals surface area (Å²) >= 11 is 0. The van der Waals surface area contributed by atoms with Crippen LogP contribution in [0.2, 0.25) is 0 Å². The van der Waals surface area contributed by atoms with Crippen molar-refractivity contribution in [2.45, 2.75) is 19.9 Å². The van der Waals surface area contributed by atoms with Crippen LogP contribution in [0.25, 0.3) is 11.0 Å². The first kappa shape index (κ1) is 16.7. The molecule has 0 aliphatic heterocycles. The molecule has 6 heteroatoms. The maximum atomic E-state index is 14.2. The standard InChI is InChI=1S/C19H17FN4O/c1-3-18-22-15-6-4-5-7-17(15)24(18)12-19(25)23(2)16-9-8-13(11-21)10-14(16)20/h4-10H,3,12H2,1-2H3. The van der Waals surface area contributed by atoms with Gasteiger partial charge in [0.1, 0.15) is 18.2 Å². The molecule has 3 rings (SSSR count). The normalized spacial score (nSPS) is 10.6. The maximum absolute atomic E-state index is 14.2. The van der Waals surface area contributed by atoms with Crippen molar-refractivity contribution in [2.75, 3.05) is 11.9 Å². The maximum Gasteiger partial charge on any atom is 0.246 e. The molecule has 126 valence electrons. The Morgan fingerprint density at radius 2 is 2.08 bits per heavy atom. The Kier molecular flexibility index (Phi) is 4.48. The molecular weight excluding hydrogens is 319 g/mol. The number of aryl methyl sites for hydroxylation is 1. The minimum Gasteiger partial charge on any atom is -0.318 e. The highest BCUT2D eigenvalue weighted by Crippen LogP contribution is 2.21.